The Morgan fingerprint density at radius 1 is 1.42 bits per heavy atom. The molecule has 0 amide bonds. The molecule has 0 radical (unpaired) electrons. The van der Waals surface area contributed by atoms with Gasteiger partial charge in [-0.25, -0.2) is 8.42 Å². The van der Waals surface area contributed by atoms with Gasteiger partial charge >= 0.3 is 0 Å². The van der Waals surface area contributed by atoms with Crippen molar-refractivity contribution >= 4 is 53.2 Å². The normalized spacial score (nSPS) is 13.2. The molecule has 0 aromatic carbocycles. The number of nitrogens with zero attached hydrogens (tertiary/aromatic N) is 1. The van der Waals surface area contributed by atoms with Gasteiger partial charge in [0.2, 0.25) is 10.0 Å². The molecule has 1 heterocycles. The molecule has 0 spiro atoms. The Bertz CT molecular complexity index is 541. The third-order valence-electron chi connectivity index (χ3n) is 2.75. The summed E-state index contributed by atoms with van der Waals surface area (Å²) in [7, 11) is -3.49. The fraction of sp³-hybridized carbons (Fsp3) is 0.636. The molecule has 0 aliphatic rings. The Kier molecular flexibility index (Phi) is 6.04. The number of hydrogen-bond acceptors (Lipinski definition) is 4. The molecule has 1 rings (SSSR count). The van der Waals surface area contributed by atoms with Crippen molar-refractivity contribution in [3.63, 3.8) is 0 Å². The number of hydrogen-bond donors (Lipinski definition) is 1. The van der Waals surface area contributed by atoms with Crippen molar-refractivity contribution in [1.29, 1.82) is 0 Å². The first kappa shape index (κ1) is 17.6. The lowest BCUT2D eigenvalue weighted by molar-refractivity contribution is 0.273. The van der Waals surface area contributed by atoms with Crippen LogP contribution >= 0.6 is 43.2 Å². The first-order chi connectivity index (χ1) is 8.64. The van der Waals surface area contributed by atoms with Crippen LogP contribution < -0.4 is 5.73 Å². The summed E-state index contributed by atoms with van der Waals surface area (Å²) in [6, 6.07) is 1.63. The van der Waals surface area contributed by atoms with E-state index in [0.717, 1.165) is 3.79 Å². The van der Waals surface area contributed by atoms with E-state index >= 15 is 0 Å². The van der Waals surface area contributed by atoms with Crippen LogP contribution in [-0.2, 0) is 10.0 Å². The van der Waals surface area contributed by atoms with Gasteiger partial charge in [0.15, 0.2) is 0 Å². The minimum absolute atomic E-state index is 0.247. The molecule has 0 aliphatic carbocycles. The highest BCUT2D eigenvalue weighted by Crippen LogP contribution is 2.36. The average Bonchev–Trinajstić information content (AvgIpc) is 2.66. The average molecular weight is 434 g/mol. The lowest BCUT2D eigenvalue weighted by Crippen LogP contribution is -2.41. The zero-order chi connectivity index (χ0) is 14.8. The molecule has 0 unspecified atom stereocenters. The predicted molar refractivity (Wildman–Crippen MR) is 87.0 cm³/mol. The summed E-state index contributed by atoms with van der Waals surface area (Å²) in [6.07, 6.45) is 0. The van der Waals surface area contributed by atoms with Crippen molar-refractivity contribution in [3.05, 3.63) is 13.6 Å². The van der Waals surface area contributed by atoms with Crippen LogP contribution in [0.25, 0.3) is 0 Å². The van der Waals surface area contributed by atoms with Crippen LogP contribution in [0.4, 0.5) is 0 Å². The standard InChI is InChI=1S/C11H18Br2N2O2S2/c1-4-15(7-11(2,3)6-14)19(16,17)8-5-9(12)18-10(8)13/h5H,4,6-7,14H2,1-3H3. The van der Waals surface area contributed by atoms with Gasteiger partial charge in [-0.05, 0) is 49.9 Å². The molecule has 0 atom stereocenters. The van der Waals surface area contributed by atoms with E-state index in [2.05, 4.69) is 31.9 Å². The van der Waals surface area contributed by atoms with Gasteiger partial charge in [-0.15, -0.1) is 11.3 Å². The van der Waals surface area contributed by atoms with Gasteiger partial charge < -0.3 is 5.73 Å². The maximum Gasteiger partial charge on any atom is 0.245 e. The highest BCUT2D eigenvalue weighted by atomic mass is 79.9. The molecule has 0 saturated carbocycles. The molecule has 0 bridgehead atoms. The van der Waals surface area contributed by atoms with Crippen molar-refractivity contribution in [1.82, 2.24) is 4.31 Å². The van der Waals surface area contributed by atoms with Crippen LogP contribution in [0.3, 0.4) is 0 Å². The van der Waals surface area contributed by atoms with E-state index in [1.165, 1.54) is 15.6 Å². The highest BCUT2D eigenvalue weighted by molar-refractivity contribution is 9.12. The Morgan fingerprint density at radius 3 is 2.37 bits per heavy atom. The van der Waals surface area contributed by atoms with Crippen LogP contribution in [0.2, 0.25) is 0 Å². The lowest BCUT2D eigenvalue weighted by atomic mass is 9.94. The predicted octanol–water partition coefficient (Wildman–Crippen LogP) is 3.27. The van der Waals surface area contributed by atoms with Gasteiger partial charge in [0.25, 0.3) is 0 Å². The Hall–Kier alpha value is 0.530. The third-order valence-corrected chi connectivity index (χ3v) is 7.43. The second kappa shape index (κ2) is 6.53. The molecule has 0 fully saturated rings. The topological polar surface area (TPSA) is 63.4 Å². The lowest BCUT2D eigenvalue weighted by Gasteiger charge is -2.30. The highest BCUT2D eigenvalue weighted by Gasteiger charge is 2.31. The zero-order valence-electron chi connectivity index (χ0n) is 11.1. The monoisotopic (exact) mass is 432 g/mol. The van der Waals surface area contributed by atoms with Crippen LogP contribution in [0.15, 0.2) is 18.5 Å². The van der Waals surface area contributed by atoms with Crippen LogP contribution in [0.1, 0.15) is 20.8 Å². The largest absolute Gasteiger partial charge is 0.330 e. The number of halogens is 2. The molecule has 1 aromatic heterocycles. The molecule has 1 aromatic rings. The van der Waals surface area contributed by atoms with Gasteiger partial charge in [0.05, 0.1) is 7.57 Å². The summed E-state index contributed by atoms with van der Waals surface area (Å²) >= 11 is 7.96. The number of sulfonamides is 1. The van der Waals surface area contributed by atoms with Gasteiger partial charge in [-0.3, -0.25) is 0 Å². The molecular weight excluding hydrogens is 416 g/mol. The number of thiophene rings is 1. The fourth-order valence-corrected chi connectivity index (χ4v) is 6.95. The second-order valence-corrected chi connectivity index (χ2v) is 10.6. The third kappa shape index (κ3) is 4.25. The summed E-state index contributed by atoms with van der Waals surface area (Å²) in [5, 5.41) is 0. The molecule has 8 heteroatoms. The maximum absolute atomic E-state index is 12.6. The van der Waals surface area contributed by atoms with E-state index in [1.807, 2.05) is 20.8 Å². The van der Waals surface area contributed by atoms with E-state index in [-0.39, 0.29) is 5.41 Å². The van der Waals surface area contributed by atoms with Gasteiger partial charge in [-0.1, -0.05) is 20.8 Å². The summed E-state index contributed by atoms with van der Waals surface area (Å²) in [5.74, 6) is 0. The van der Waals surface area contributed by atoms with E-state index < -0.39 is 10.0 Å². The van der Waals surface area contributed by atoms with Crippen molar-refractivity contribution in [2.75, 3.05) is 19.6 Å². The molecule has 4 nitrogen and oxygen atoms in total. The molecule has 0 saturated heterocycles. The molecular formula is C11H18Br2N2O2S2. The minimum atomic E-state index is -3.49. The van der Waals surface area contributed by atoms with Crippen molar-refractivity contribution in [2.45, 2.75) is 25.7 Å². The smallest absolute Gasteiger partial charge is 0.245 e. The Labute approximate surface area is 135 Å². The van der Waals surface area contributed by atoms with E-state index in [0.29, 0.717) is 28.3 Å². The van der Waals surface area contributed by atoms with Crippen LogP contribution in [0, 0.1) is 5.41 Å². The second-order valence-electron chi connectivity index (χ2n) is 4.99. The van der Waals surface area contributed by atoms with E-state index in [1.54, 1.807) is 6.07 Å². The summed E-state index contributed by atoms with van der Waals surface area (Å²) in [5.41, 5.74) is 5.44. The minimum Gasteiger partial charge on any atom is -0.330 e. The Balaban J connectivity index is 3.13. The first-order valence-electron chi connectivity index (χ1n) is 5.79. The van der Waals surface area contributed by atoms with Gasteiger partial charge in [0, 0.05) is 13.1 Å². The summed E-state index contributed by atoms with van der Waals surface area (Å²) in [6.45, 7) is 7.02. The molecule has 0 aliphatic heterocycles. The zero-order valence-corrected chi connectivity index (χ0v) is 15.9. The van der Waals surface area contributed by atoms with Crippen molar-refractivity contribution < 1.29 is 8.42 Å². The van der Waals surface area contributed by atoms with Crippen molar-refractivity contribution in [3.8, 4) is 0 Å². The number of rotatable bonds is 6. The van der Waals surface area contributed by atoms with Crippen LogP contribution in [0.5, 0.6) is 0 Å². The van der Waals surface area contributed by atoms with E-state index in [4.69, 9.17) is 5.73 Å². The first-order valence-corrected chi connectivity index (χ1v) is 9.63. The number of nitrogens with two attached hydrogens (primary N) is 1. The SMILES string of the molecule is CCN(CC(C)(C)CN)S(=O)(=O)c1cc(Br)sc1Br. The quantitative estimate of drug-likeness (QED) is 0.748. The van der Waals surface area contributed by atoms with Crippen molar-refractivity contribution in [2.24, 2.45) is 11.1 Å². The molecule has 19 heavy (non-hydrogen) atoms. The maximum atomic E-state index is 12.6. The van der Waals surface area contributed by atoms with Gasteiger partial charge in [0.1, 0.15) is 4.90 Å². The van der Waals surface area contributed by atoms with Crippen LogP contribution in [-0.4, -0.2) is 32.4 Å². The summed E-state index contributed by atoms with van der Waals surface area (Å²) in [4.78, 5) is 0.305. The molecule has 110 valence electrons. The fourth-order valence-electron chi connectivity index (χ4n) is 1.55. The summed E-state index contributed by atoms with van der Waals surface area (Å²) < 4.78 is 28.1. The van der Waals surface area contributed by atoms with Gasteiger partial charge in [-0.2, -0.15) is 4.31 Å². The molecule has 2 N–H and O–H groups in total. The van der Waals surface area contributed by atoms with E-state index in [9.17, 15) is 8.42 Å². The Morgan fingerprint density at radius 2 is 2.00 bits per heavy atom.